The van der Waals surface area contributed by atoms with Gasteiger partial charge >= 0.3 is 0 Å². The molecule has 0 spiro atoms. The van der Waals surface area contributed by atoms with Gasteiger partial charge in [0.05, 0.1) is 19.0 Å². The molecule has 0 aliphatic carbocycles. The molecule has 0 saturated carbocycles. The Hall–Kier alpha value is -2.07. The Morgan fingerprint density at radius 2 is 2.05 bits per heavy atom. The van der Waals surface area contributed by atoms with E-state index in [1.807, 2.05) is 43.3 Å². The Kier molecular flexibility index (Phi) is 4.36. The van der Waals surface area contributed by atoms with Gasteiger partial charge in [-0.2, -0.15) is 0 Å². The second-order valence-corrected chi connectivity index (χ2v) is 4.35. The van der Waals surface area contributed by atoms with Crippen molar-refractivity contribution in [2.45, 2.75) is 19.6 Å². The fraction of sp³-hybridized carbons (Fsp3) is 0.267. The van der Waals surface area contributed by atoms with Gasteiger partial charge < -0.3 is 15.2 Å². The number of benzene rings is 1. The highest BCUT2D eigenvalue weighted by Crippen LogP contribution is 2.17. The lowest BCUT2D eigenvalue weighted by molar-refractivity contribution is 0.303. The lowest BCUT2D eigenvalue weighted by atomic mass is 10.2. The van der Waals surface area contributed by atoms with Crippen molar-refractivity contribution in [1.29, 1.82) is 0 Å². The number of nitrogens with zero attached hydrogens (tertiary/aromatic N) is 1. The number of aromatic nitrogens is 1. The van der Waals surface area contributed by atoms with E-state index in [2.05, 4.69) is 4.98 Å². The second kappa shape index (κ2) is 6.20. The zero-order valence-electron chi connectivity index (χ0n) is 11.2. The van der Waals surface area contributed by atoms with Crippen LogP contribution in [0.4, 0.5) is 0 Å². The number of hydrogen-bond acceptors (Lipinski definition) is 4. The summed E-state index contributed by atoms with van der Waals surface area (Å²) in [5, 5.41) is 0. The van der Waals surface area contributed by atoms with E-state index in [1.54, 1.807) is 13.3 Å². The van der Waals surface area contributed by atoms with Crippen LogP contribution in [0.5, 0.6) is 11.5 Å². The molecule has 0 fully saturated rings. The molecule has 1 aromatic heterocycles. The fourth-order valence-corrected chi connectivity index (χ4v) is 1.68. The maximum atomic E-state index is 5.74. The molecule has 1 heterocycles. The molecule has 0 saturated heterocycles. The van der Waals surface area contributed by atoms with Crippen LogP contribution in [0.3, 0.4) is 0 Å². The van der Waals surface area contributed by atoms with Gasteiger partial charge in [-0.05, 0) is 36.8 Å². The maximum Gasteiger partial charge on any atom is 0.138 e. The molecule has 0 aliphatic heterocycles. The quantitative estimate of drug-likeness (QED) is 0.895. The summed E-state index contributed by atoms with van der Waals surface area (Å²) in [5.74, 6) is 1.55. The van der Waals surface area contributed by atoms with E-state index < -0.39 is 0 Å². The van der Waals surface area contributed by atoms with Crippen molar-refractivity contribution in [3.8, 4) is 11.5 Å². The van der Waals surface area contributed by atoms with Crippen LogP contribution in [0, 0.1) is 0 Å². The lowest BCUT2D eigenvalue weighted by Gasteiger charge is -2.09. The molecular formula is C15H18N2O2. The van der Waals surface area contributed by atoms with Crippen LogP contribution in [-0.4, -0.2) is 12.1 Å². The highest BCUT2D eigenvalue weighted by atomic mass is 16.5. The predicted octanol–water partition coefficient (Wildman–Crippen LogP) is 2.69. The predicted molar refractivity (Wildman–Crippen MR) is 74.2 cm³/mol. The molecular weight excluding hydrogens is 240 g/mol. The van der Waals surface area contributed by atoms with Gasteiger partial charge in [0.2, 0.25) is 0 Å². The maximum absolute atomic E-state index is 5.74. The Balaban J connectivity index is 1.98. The minimum atomic E-state index is -0.0626. The van der Waals surface area contributed by atoms with Crippen molar-refractivity contribution in [3.05, 3.63) is 53.9 Å². The van der Waals surface area contributed by atoms with Crippen molar-refractivity contribution >= 4 is 0 Å². The molecule has 0 radical (unpaired) electrons. The zero-order valence-corrected chi connectivity index (χ0v) is 11.2. The van der Waals surface area contributed by atoms with Gasteiger partial charge in [-0.15, -0.1) is 0 Å². The minimum Gasteiger partial charge on any atom is -0.497 e. The number of nitrogens with two attached hydrogens (primary N) is 1. The number of ether oxygens (including phenoxy) is 2. The summed E-state index contributed by atoms with van der Waals surface area (Å²) < 4.78 is 10.8. The Bertz CT molecular complexity index is 524. The lowest BCUT2D eigenvalue weighted by Crippen LogP contribution is -2.07. The molecule has 0 bridgehead atoms. The van der Waals surface area contributed by atoms with Gasteiger partial charge in [-0.25, -0.2) is 0 Å². The molecule has 100 valence electrons. The van der Waals surface area contributed by atoms with Crippen LogP contribution in [0.25, 0.3) is 0 Å². The summed E-state index contributed by atoms with van der Waals surface area (Å²) in [7, 11) is 1.65. The van der Waals surface area contributed by atoms with Gasteiger partial charge in [-0.1, -0.05) is 12.1 Å². The molecule has 4 heteroatoms. The number of hydrogen-bond donors (Lipinski definition) is 1. The molecule has 4 nitrogen and oxygen atoms in total. The molecule has 2 N–H and O–H groups in total. The smallest absolute Gasteiger partial charge is 0.138 e. The Morgan fingerprint density at radius 3 is 2.68 bits per heavy atom. The molecule has 0 amide bonds. The standard InChI is InChI=1S/C15H18N2O2/c1-11(16)15-7-6-14(9-17-15)19-10-12-4-3-5-13(8-12)18-2/h3-9,11H,10,16H2,1-2H3/t11-/m1/s1. The minimum absolute atomic E-state index is 0.0626. The van der Waals surface area contributed by atoms with Crippen molar-refractivity contribution in [2.24, 2.45) is 5.73 Å². The molecule has 1 aromatic carbocycles. The van der Waals surface area contributed by atoms with Gasteiger partial charge in [0.25, 0.3) is 0 Å². The van der Waals surface area contributed by atoms with Crippen molar-refractivity contribution < 1.29 is 9.47 Å². The van der Waals surface area contributed by atoms with Crippen LogP contribution >= 0.6 is 0 Å². The van der Waals surface area contributed by atoms with E-state index in [0.29, 0.717) is 6.61 Å². The first-order valence-corrected chi connectivity index (χ1v) is 6.16. The summed E-state index contributed by atoms with van der Waals surface area (Å²) in [6.45, 7) is 2.38. The van der Waals surface area contributed by atoms with Crippen LogP contribution in [0.15, 0.2) is 42.6 Å². The third-order valence-electron chi connectivity index (χ3n) is 2.77. The summed E-state index contributed by atoms with van der Waals surface area (Å²) in [6, 6.07) is 11.5. The molecule has 19 heavy (non-hydrogen) atoms. The molecule has 2 aromatic rings. The first-order valence-electron chi connectivity index (χ1n) is 6.16. The number of pyridine rings is 1. The largest absolute Gasteiger partial charge is 0.497 e. The Labute approximate surface area is 113 Å². The van der Waals surface area contributed by atoms with Gasteiger partial charge in [0.15, 0.2) is 0 Å². The molecule has 0 aliphatic rings. The summed E-state index contributed by atoms with van der Waals surface area (Å²) in [5.41, 5.74) is 7.65. The van der Waals surface area contributed by atoms with Crippen LogP contribution in [-0.2, 0) is 6.61 Å². The van der Waals surface area contributed by atoms with E-state index in [0.717, 1.165) is 22.8 Å². The normalized spacial score (nSPS) is 11.9. The van der Waals surface area contributed by atoms with E-state index in [-0.39, 0.29) is 6.04 Å². The van der Waals surface area contributed by atoms with E-state index >= 15 is 0 Å². The van der Waals surface area contributed by atoms with Crippen LogP contribution in [0.1, 0.15) is 24.2 Å². The summed E-state index contributed by atoms with van der Waals surface area (Å²) >= 11 is 0. The zero-order chi connectivity index (χ0) is 13.7. The second-order valence-electron chi connectivity index (χ2n) is 4.35. The molecule has 2 rings (SSSR count). The Morgan fingerprint density at radius 1 is 1.21 bits per heavy atom. The SMILES string of the molecule is COc1cccc(COc2ccc([C@@H](C)N)nc2)c1. The highest BCUT2D eigenvalue weighted by Gasteiger charge is 2.02. The van der Waals surface area contributed by atoms with Gasteiger partial charge in [0.1, 0.15) is 18.1 Å². The topological polar surface area (TPSA) is 57.4 Å². The fourth-order valence-electron chi connectivity index (χ4n) is 1.68. The monoisotopic (exact) mass is 258 g/mol. The first-order chi connectivity index (χ1) is 9.19. The first kappa shape index (κ1) is 13.4. The van der Waals surface area contributed by atoms with Crippen LogP contribution < -0.4 is 15.2 Å². The third kappa shape index (κ3) is 3.69. The van der Waals surface area contributed by atoms with Gasteiger partial charge in [-0.3, -0.25) is 4.98 Å². The number of methoxy groups -OCH3 is 1. The van der Waals surface area contributed by atoms with Crippen molar-refractivity contribution in [1.82, 2.24) is 4.98 Å². The van der Waals surface area contributed by atoms with Crippen molar-refractivity contribution in [3.63, 3.8) is 0 Å². The molecule has 0 unspecified atom stereocenters. The summed E-state index contributed by atoms with van der Waals surface area (Å²) in [4.78, 5) is 4.25. The van der Waals surface area contributed by atoms with E-state index in [1.165, 1.54) is 0 Å². The van der Waals surface area contributed by atoms with E-state index in [4.69, 9.17) is 15.2 Å². The average molecular weight is 258 g/mol. The number of rotatable bonds is 5. The van der Waals surface area contributed by atoms with Gasteiger partial charge in [0, 0.05) is 6.04 Å². The van der Waals surface area contributed by atoms with Crippen molar-refractivity contribution in [2.75, 3.05) is 7.11 Å². The third-order valence-corrected chi connectivity index (χ3v) is 2.77. The highest BCUT2D eigenvalue weighted by molar-refractivity contribution is 5.28. The molecule has 1 atom stereocenters. The van der Waals surface area contributed by atoms with E-state index in [9.17, 15) is 0 Å². The summed E-state index contributed by atoms with van der Waals surface area (Å²) in [6.07, 6.45) is 1.69. The van der Waals surface area contributed by atoms with Crippen LogP contribution in [0.2, 0.25) is 0 Å². The average Bonchev–Trinajstić information content (AvgIpc) is 2.46.